The molecule has 0 aliphatic carbocycles. The van der Waals surface area contributed by atoms with Crippen LogP contribution in [-0.2, 0) is 16.1 Å². The van der Waals surface area contributed by atoms with Crippen LogP contribution < -0.4 is 0 Å². The molecule has 0 amide bonds. The molecule has 1 aromatic carbocycles. The van der Waals surface area contributed by atoms with E-state index in [1.807, 2.05) is 24.3 Å². The molecule has 1 atom stereocenters. The molecule has 3 rings (SSSR count). The molecule has 2 heterocycles. The van der Waals surface area contributed by atoms with Crippen LogP contribution in [0.5, 0.6) is 0 Å². The molecule has 132 valence electrons. The van der Waals surface area contributed by atoms with Crippen LogP contribution in [0.4, 0.5) is 0 Å². The van der Waals surface area contributed by atoms with E-state index in [2.05, 4.69) is 9.64 Å². The fourth-order valence-corrected chi connectivity index (χ4v) is 3.09. The minimum atomic E-state index is -0.749. The van der Waals surface area contributed by atoms with Crippen molar-refractivity contribution >= 4 is 11.9 Å². The number of nitrogens with zero attached hydrogens (tertiary/aromatic N) is 1. The summed E-state index contributed by atoms with van der Waals surface area (Å²) in [5, 5.41) is 9.31. The molecule has 0 saturated carbocycles. The Morgan fingerprint density at radius 3 is 2.56 bits per heavy atom. The number of ether oxygens (including phenoxy) is 1. The van der Waals surface area contributed by atoms with E-state index in [9.17, 15) is 14.7 Å². The summed E-state index contributed by atoms with van der Waals surface area (Å²) in [6.45, 7) is 3.63. The molecule has 1 N–H and O–H groups in total. The maximum absolute atomic E-state index is 11.5. The van der Waals surface area contributed by atoms with Crippen LogP contribution in [0.1, 0.15) is 29.5 Å². The van der Waals surface area contributed by atoms with Gasteiger partial charge in [0.15, 0.2) is 0 Å². The van der Waals surface area contributed by atoms with Crippen LogP contribution in [-0.4, -0.2) is 42.1 Å². The van der Waals surface area contributed by atoms with Gasteiger partial charge in [-0.1, -0.05) is 12.1 Å². The Balaban J connectivity index is 1.67. The van der Waals surface area contributed by atoms with Crippen LogP contribution in [0.25, 0.3) is 11.3 Å². The van der Waals surface area contributed by atoms with Gasteiger partial charge in [0, 0.05) is 12.1 Å². The zero-order chi connectivity index (χ0) is 18.0. The highest BCUT2D eigenvalue weighted by atomic mass is 16.5. The third kappa shape index (κ3) is 3.58. The Kier molecular flexibility index (Phi) is 4.63. The molecule has 1 saturated heterocycles. The monoisotopic (exact) mass is 343 g/mol. The van der Waals surface area contributed by atoms with Gasteiger partial charge in [-0.05, 0) is 44.2 Å². The number of furan rings is 1. The van der Waals surface area contributed by atoms with Gasteiger partial charge in [-0.3, -0.25) is 9.69 Å². The van der Waals surface area contributed by atoms with Gasteiger partial charge in [-0.15, -0.1) is 0 Å². The van der Waals surface area contributed by atoms with Gasteiger partial charge in [0.05, 0.1) is 24.6 Å². The lowest BCUT2D eigenvalue weighted by molar-refractivity contribution is -0.147. The summed E-state index contributed by atoms with van der Waals surface area (Å²) in [6.07, 6.45) is 0.644. The molecule has 25 heavy (non-hydrogen) atoms. The van der Waals surface area contributed by atoms with Gasteiger partial charge in [-0.25, -0.2) is 4.79 Å². The van der Waals surface area contributed by atoms with Crippen molar-refractivity contribution < 1.29 is 23.8 Å². The summed E-state index contributed by atoms with van der Waals surface area (Å²) < 4.78 is 10.6. The van der Waals surface area contributed by atoms with Gasteiger partial charge in [-0.2, -0.15) is 0 Å². The molecule has 6 nitrogen and oxygen atoms in total. The van der Waals surface area contributed by atoms with Crippen molar-refractivity contribution in [2.75, 3.05) is 20.2 Å². The van der Waals surface area contributed by atoms with Crippen molar-refractivity contribution in [1.29, 1.82) is 0 Å². The molecule has 1 aliphatic rings. The van der Waals surface area contributed by atoms with Crippen LogP contribution in [0, 0.1) is 5.41 Å². The Morgan fingerprint density at radius 1 is 1.24 bits per heavy atom. The lowest BCUT2D eigenvalue weighted by atomic mass is 9.90. The molecular weight excluding hydrogens is 322 g/mol. The second-order valence-electron chi connectivity index (χ2n) is 6.66. The molecule has 1 aliphatic heterocycles. The first-order valence-corrected chi connectivity index (χ1v) is 8.14. The summed E-state index contributed by atoms with van der Waals surface area (Å²) in [6, 6.07) is 10.8. The summed E-state index contributed by atoms with van der Waals surface area (Å²) in [5.74, 6) is 0.385. The van der Waals surface area contributed by atoms with Crippen LogP contribution in [0.15, 0.2) is 40.8 Å². The fraction of sp³-hybridized carbons (Fsp3) is 0.368. The number of carboxylic acids is 1. The second kappa shape index (κ2) is 6.72. The first-order valence-electron chi connectivity index (χ1n) is 8.14. The van der Waals surface area contributed by atoms with Gasteiger partial charge in [0.1, 0.15) is 11.5 Å². The number of hydrogen-bond acceptors (Lipinski definition) is 5. The number of carbonyl (C=O) groups is 2. The number of carbonyl (C=O) groups excluding carboxylic acids is 1. The zero-order valence-electron chi connectivity index (χ0n) is 14.3. The minimum absolute atomic E-state index is 0.373. The Morgan fingerprint density at radius 2 is 1.96 bits per heavy atom. The number of carboxylic acid groups (broad SMARTS) is 1. The van der Waals surface area contributed by atoms with Gasteiger partial charge in [0.25, 0.3) is 0 Å². The normalized spacial score (nSPS) is 20.6. The average molecular weight is 343 g/mol. The van der Waals surface area contributed by atoms with E-state index in [-0.39, 0.29) is 5.97 Å². The molecule has 1 fully saturated rings. The summed E-state index contributed by atoms with van der Waals surface area (Å²) in [4.78, 5) is 24.9. The topological polar surface area (TPSA) is 80.0 Å². The Bertz CT molecular complexity index is 779. The quantitative estimate of drug-likeness (QED) is 0.841. The van der Waals surface area contributed by atoms with Crippen LogP contribution >= 0.6 is 0 Å². The van der Waals surface area contributed by atoms with E-state index in [0.29, 0.717) is 30.8 Å². The SMILES string of the molecule is COC(=O)c1ccc(-c2ccc(CN3CCC(C)(C(=O)O)C3)o2)cc1. The number of hydrogen-bond donors (Lipinski definition) is 1. The van der Waals surface area contributed by atoms with E-state index in [1.54, 1.807) is 19.1 Å². The van der Waals surface area contributed by atoms with E-state index >= 15 is 0 Å². The molecule has 2 aromatic rings. The third-order valence-corrected chi connectivity index (χ3v) is 4.70. The first-order chi connectivity index (χ1) is 11.9. The Labute approximate surface area is 146 Å². The molecule has 0 radical (unpaired) electrons. The highest BCUT2D eigenvalue weighted by Gasteiger charge is 2.40. The standard InChI is InChI=1S/C19H21NO5/c1-19(18(22)23)9-10-20(12-19)11-15-7-8-16(25-15)13-3-5-14(6-4-13)17(21)24-2/h3-8H,9-12H2,1-2H3,(H,22,23). The van der Waals surface area contributed by atoms with E-state index in [0.717, 1.165) is 17.9 Å². The van der Waals surface area contributed by atoms with E-state index < -0.39 is 11.4 Å². The number of likely N-dealkylation sites (tertiary alicyclic amines) is 1. The summed E-state index contributed by atoms with van der Waals surface area (Å²) in [5.41, 5.74) is 0.679. The zero-order valence-corrected chi connectivity index (χ0v) is 14.3. The predicted octanol–water partition coefficient (Wildman–Crippen LogP) is 3.03. The van der Waals surface area contributed by atoms with Crippen molar-refractivity contribution in [2.45, 2.75) is 19.9 Å². The number of esters is 1. The molecule has 0 spiro atoms. The molecule has 1 unspecified atom stereocenters. The molecular formula is C19H21NO5. The van der Waals surface area contributed by atoms with Crippen molar-refractivity contribution in [1.82, 2.24) is 4.90 Å². The summed E-state index contributed by atoms with van der Waals surface area (Å²) >= 11 is 0. The van der Waals surface area contributed by atoms with E-state index in [1.165, 1.54) is 7.11 Å². The van der Waals surface area contributed by atoms with Crippen LogP contribution in [0.2, 0.25) is 0 Å². The number of rotatable bonds is 5. The van der Waals surface area contributed by atoms with Crippen molar-refractivity contribution in [3.8, 4) is 11.3 Å². The predicted molar refractivity (Wildman–Crippen MR) is 91.1 cm³/mol. The Hall–Kier alpha value is -2.60. The smallest absolute Gasteiger partial charge is 0.337 e. The molecule has 6 heteroatoms. The van der Waals surface area contributed by atoms with Crippen molar-refractivity contribution in [3.63, 3.8) is 0 Å². The van der Waals surface area contributed by atoms with Gasteiger partial charge >= 0.3 is 11.9 Å². The number of aliphatic carboxylic acids is 1. The fourth-order valence-electron chi connectivity index (χ4n) is 3.09. The highest BCUT2D eigenvalue weighted by Crippen LogP contribution is 2.32. The molecule has 0 bridgehead atoms. The van der Waals surface area contributed by atoms with Crippen molar-refractivity contribution in [3.05, 3.63) is 47.7 Å². The average Bonchev–Trinajstić information content (AvgIpc) is 3.22. The minimum Gasteiger partial charge on any atom is -0.481 e. The first kappa shape index (κ1) is 17.2. The number of methoxy groups -OCH3 is 1. The largest absolute Gasteiger partial charge is 0.481 e. The maximum Gasteiger partial charge on any atom is 0.337 e. The van der Waals surface area contributed by atoms with Crippen molar-refractivity contribution in [2.24, 2.45) is 5.41 Å². The van der Waals surface area contributed by atoms with E-state index in [4.69, 9.17) is 4.42 Å². The third-order valence-electron chi connectivity index (χ3n) is 4.70. The van der Waals surface area contributed by atoms with Crippen LogP contribution in [0.3, 0.4) is 0 Å². The number of benzene rings is 1. The van der Waals surface area contributed by atoms with Gasteiger partial charge < -0.3 is 14.3 Å². The molecule has 1 aromatic heterocycles. The maximum atomic E-state index is 11.5. The second-order valence-corrected chi connectivity index (χ2v) is 6.66. The summed E-state index contributed by atoms with van der Waals surface area (Å²) in [7, 11) is 1.35. The lowest BCUT2D eigenvalue weighted by Crippen LogP contribution is -2.31. The lowest BCUT2D eigenvalue weighted by Gasteiger charge is -2.19. The highest BCUT2D eigenvalue weighted by molar-refractivity contribution is 5.89. The van der Waals surface area contributed by atoms with Gasteiger partial charge in [0.2, 0.25) is 0 Å².